The van der Waals surface area contributed by atoms with E-state index in [0.29, 0.717) is 0 Å². The van der Waals surface area contributed by atoms with Gasteiger partial charge in [-0.1, -0.05) is 43.3 Å². The van der Waals surface area contributed by atoms with Crippen molar-refractivity contribution in [1.29, 1.82) is 0 Å². The molecule has 3 rings (SSSR count). The summed E-state index contributed by atoms with van der Waals surface area (Å²) in [6, 6.07) is 14.1. The summed E-state index contributed by atoms with van der Waals surface area (Å²) in [5, 5.41) is 3.39. The topological polar surface area (TPSA) is 45.2 Å². The molecule has 1 aliphatic heterocycles. The first-order valence-corrected chi connectivity index (χ1v) is 8.27. The Bertz CT molecular complexity index is 636. The Morgan fingerprint density at radius 3 is 2.75 bits per heavy atom. The van der Waals surface area contributed by atoms with Gasteiger partial charge in [0.15, 0.2) is 0 Å². The second-order valence-corrected chi connectivity index (χ2v) is 5.91. The number of carbonyl (C=O) groups is 1. The van der Waals surface area contributed by atoms with Gasteiger partial charge in [0.1, 0.15) is 0 Å². The first kappa shape index (κ1) is 18.4. The fourth-order valence-electron chi connectivity index (χ4n) is 3.28. The number of benzene rings is 1. The summed E-state index contributed by atoms with van der Waals surface area (Å²) in [6.07, 6.45) is 4.44. The van der Waals surface area contributed by atoms with Gasteiger partial charge in [0.05, 0.1) is 12.0 Å². The highest BCUT2D eigenvalue weighted by Gasteiger charge is 2.32. The zero-order chi connectivity index (χ0) is 16.1. The SMILES string of the molecule is CCC(C(=O)N1CCNCC1c1cccnc1)c1ccccc1.Cl. The van der Waals surface area contributed by atoms with Crippen molar-refractivity contribution in [1.82, 2.24) is 15.2 Å². The number of pyridine rings is 1. The van der Waals surface area contributed by atoms with Gasteiger partial charge in [0, 0.05) is 32.0 Å². The minimum Gasteiger partial charge on any atom is -0.333 e. The van der Waals surface area contributed by atoms with Gasteiger partial charge in [-0.15, -0.1) is 12.4 Å². The van der Waals surface area contributed by atoms with Crippen molar-refractivity contribution < 1.29 is 4.79 Å². The monoisotopic (exact) mass is 345 g/mol. The lowest BCUT2D eigenvalue weighted by atomic mass is 9.93. The Morgan fingerprint density at radius 1 is 1.29 bits per heavy atom. The molecule has 5 heteroatoms. The number of carbonyl (C=O) groups excluding carboxylic acids is 1. The van der Waals surface area contributed by atoms with Crippen molar-refractivity contribution in [2.24, 2.45) is 0 Å². The summed E-state index contributed by atoms with van der Waals surface area (Å²) in [4.78, 5) is 19.4. The quantitative estimate of drug-likeness (QED) is 0.925. The molecule has 1 N–H and O–H groups in total. The van der Waals surface area contributed by atoms with Gasteiger partial charge in [-0.05, 0) is 23.6 Å². The zero-order valence-electron chi connectivity index (χ0n) is 13.9. The summed E-state index contributed by atoms with van der Waals surface area (Å²) in [6.45, 7) is 4.44. The molecule has 0 saturated carbocycles. The standard InChI is InChI=1S/C19H23N3O.ClH/c1-2-17(15-7-4-3-5-8-15)19(23)22-12-11-21-14-18(22)16-9-6-10-20-13-16;/h3-10,13,17-18,21H,2,11-12,14H2,1H3;1H. The third kappa shape index (κ3) is 3.94. The Balaban J connectivity index is 0.00000208. The number of halogens is 1. The van der Waals surface area contributed by atoms with Gasteiger partial charge in [-0.2, -0.15) is 0 Å². The van der Waals surface area contributed by atoms with Crippen molar-refractivity contribution in [2.75, 3.05) is 19.6 Å². The molecule has 1 aromatic heterocycles. The van der Waals surface area contributed by atoms with Gasteiger partial charge in [-0.3, -0.25) is 9.78 Å². The molecule has 2 heterocycles. The van der Waals surface area contributed by atoms with E-state index in [4.69, 9.17) is 0 Å². The minimum atomic E-state index is -0.0755. The lowest BCUT2D eigenvalue weighted by Gasteiger charge is -2.38. The normalized spacial score (nSPS) is 18.5. The van der Waals surface area contributed by atoms with Crippen LogP contribution in [0.15, 0.2) is 54.9 Å². The van der Waals surface area contributed by atoms with E-state index in [0.717, 1.165) is 37.2 Å². The number of hydrogen-bond acceptors (Lipinski definition) is 3. The average Bonchev–Trinajstić information content (AvgIpc) is 2.64. The van der Waals surface area contributed by atoms with Crippen LogP contribution in [0.3, 0.4) is 0 Å². The van der Waals surface area contributed by atoms with Crippen LogP contribution < -0.4 is 5.32 Å². The highest BCUT2D eigenvalue weighted by molar-refractivity contribution is 5.85. The number of rotatable bonds is 4. The molecular formula is C19H24ClN3O. The molecule has 2 atom stereocenters. The molecule has 1 saturated heterocycles. The predicted molar refractivity (Wildman–Crippen MR) is 98.3 cm³/mol. The highest BCUT2D eigenvalue weighted by atomic mass is 35.5. The van der Waals surface area contributed by atoms with Crippen LogP contribution in [0, 0.1) is 0 Å². The van der Waals surface area contributed by atoms with Crippen LogP contribution in [0.4, 0.5) is 0 Å². The van der Waals surface area contributed by atoms with Gasteiger partial charge in [0.2, 0.25) is 5.91 Å². The molecule has 0 radical (unpaired) electrons. The third-order valence-corrected chi connectivity index (χ3v) is 4.50. The molecule has 1 aliphatic rings. The summed E-state index contributed by atoms with van der Waals surface area (Å²) >= 11 is 0. The van der Waals surface area contributed by atoms with E-state index in [1.807, 2.05) is 47.5 Å². The smallest absolute Gasteiger partial charge is 0.230 e. The minimum absolute atomic E-state index is 0. The summed E-state index contributed by atoms with van der Waals surface area (Å²) in [5.74, 6) is 0.141. The molecule has 1 aromatic carbocycles. The van der Waals surface area contributed by atoms with E-state index >= 15 is 0 Å². The van der Waals surface area contributed by atoms with E-state index in [1.165, 1.54) is 0 Å². The molecule has 1 fully saturated rings. The summed E-state index contributed by atoms with van der Waals surface area (Å²) in [5.41, 5.74) is 2.19. The largest absolute Gasteiger partial charge is 0.333 e. The third-order valence-electron chi connectivity index (χ3n) is 4.50. The maximum atomic E-state index is 13.2. The number of nitrogens with one attached hydrogen (secondary N) is 1. The van der Waals surface area contributed by atoms with E-state index in [1.54, 1.807) is 6.20 Å². The molecule has 0 spiro atoms. The van der Waals surface area contributed by atoms with Crippen LogP contribution in [0.1, 0.15) is 36.4 Å². The van der Waals surface area contributed by atoms with Crippen LogP contribution in [-0.2, 0) is 4.79 Å². The van der Waals surface area contributed by atoms with Crippen LogP contribution in [0.5, 0.6) is 0 Å². The fraction of sp³-hybridized carbons (Fsp3) is 0.368. The Labute approximate surface area is 149 Å². The molecule has 128 valence electrons. The maximum Gasteiger partial charge on any atom is 0.230 e. The maximum absolute atomic E-state index is 13.2. The second kappa shape index (κ2) is 8.81. The van der Waals surface area contributed by atoms with Gasteiger partial charge in [0.25, 0.3) is 0 Å². The van der Waals surface area contributed by atoms with Gasteiger partial charge >= 0.3 is 0 Å². The average molecular weight is 346 g/mol. The second-order valence-electron chi connectivity index (χ2n) is 5.91. The van der Waals surface area contributed by atoms with E-state index in [9.17, 15) is 4.79 Å². The number of hydrogen-bond donors (Lipinski definition) is 1. The predicted octanol–water partition coefficient (Wildman–Crippen LogP) is 3.17. The van der Waals surface area contributed by atoms with Crippen molar-refractivity contribution in [3.63, 3.8) is 0 Å². The van der Waals surface area contributed by atoms with Crippen LogP contribution in [-0.4, -0.2) is 35.4 Å². The molecule has 2 aromatic rings. The van der Waals surface area contributed by atoms with Crippen molar-refractivity contribution in [3.05, 3.63) is 66.0 Å². The Kier molecular flexibility index (Phi) is 6.76. The highest BCUT2D eigenvalue weighted by Crippen LogP contribution is 2.28. The molecule has 1 amide bonds. The van der Waals surface area contributed by atoms with Crippen molar-refractivity contribution >= 4 is 18.3 Å². The summed E-state index contributed by atoms with van der Waals surface area (Å²) in [7, 11) is 0. The fourth-order valence-corrected chi connectivity index (χ4v) is 3.28. The van der Waals surface area contributed by atoms with E-state index < -0.39 is 0 Å². The molecule has 0 aliphatic carbocycles. The number of nitrogens with zero attached hydrogens (tertiary/aromatic N) is 2. The molecule has 2 unspecified atom stereocenters. The lowest BCUT2D eigenvalue weighted by Crippen LogP contribution is -2.50. The number of aromatic nitrogens is 1. The Hall–Kier alpha value is -1.91. The van der Waals surface area contributed by atoms with Crippen molar-refractivity contribution in [3.8, 4) is 0 Å². The van der Waals surface area contributed by atoms with Crippen LogP contribution in [0.2, 0.25) is 0 Å². The molecular weight excluding hydrogens is 322 g/mol. The number of piperazine rings is 1. The van der Waals surface area contributed by atoms with Gasteiger partial charge in [-0.25, -0.2) is 0 Å². The van der Waals surface area contributed by atoms with Crippen LogP contribution >= 0.6 is 12.4 Å². The zero-order valence-corrected chi connectivity index (χ0v) is 14.7. The van der Waals surface area contributed by atoms with E-state index in [2.05, 4.69) is 23.3 Å². The Morgan fingerprint density at radius 2 is 2.08 bits per heavy atom. The first-order valence-electron chi connectivity index (χ1n) is 8.27. The van der Waals surface area contributed by atoms with Crippen LogP contribution in [0.25, 0.3) is 0 Å². The van der Waals surface area contributed by atoms with Crippen molar-refractivity contribution in [2.45, 2.75) is 25.3 Å². The van der Waals surface area contributed by atoms with E-state index in [-0.39, 0.29) is 30.3 Å². The first-order chi connectivity index (χ1) is 11.3. The molecule has 24 heavy (non-hydrogen) atoms. The van der Waals surface area contributed by atoms with Gasteiger partial charge < -0.3 is 10.2 Å². The lowest BCUT2D eigenvalue weighted by molar-refractivity contribution is -0.136. The molecule has 0 bridgehead atoms. The number of amides is 1. The molecule has 4 nitrogen and oxygen atoms in total. The summed E-state index contributed by atoms with van der Waals surface area (Å²) < 4.78 is 0.